The molecule has 1 aromatic heterocycles. The van der Waals surface area contributed by atoms with Crippen molar-refractivity contribution in [2.75, 3.05) is 23.7 Å². The summed E-state index contributed by atoms with van der Waals surface area (Å²) in [5.41, 5.74) is 4.83. The lowest BCUT2D eigenvalue weighted by atomic mass is 9.92. The van der Waals surface area contributed by atoms with Crippen molar-refractivity contribution < 1.29 is 13.2 Å². The van der Waals surface area contributed by atoms with Crippen molar-refractivity contribution in [1.29, 1.82) is 0 Å². The first-order valence-corrected chi connectivity index (χ1v) is 15.5. The molecule has 0 radical (unpaired) electrons. The van der Waals surface area contributed by atoms with Crippen LogP contribution in [0.5, 0.6) is 0 Å². The molecule has 3 aromatic carbocycles. The smallest absolute Gasteiger partial charge is 0.382 e. The van der Waals surface area contributed by atoms with Crippen LogP contribution in [0.2, 0.25) is 5.02 Å². The topological polar surface area (TPSA) is 32.2 Å². The van der Waals surface area contributed by atoms with Gasteiger partial charge in [0.1, 0.15) is 6.54 Å². The summed E-state index contributed by atoms with van der Waals surface area (Å²) in [7, 11) is 0. The van der Waals surface area contributed by atoms with Gasteiger partial charge in [-0.15, -0.1) is 0 Å². The molecule has 8 heteroatoms. The molecule has 2 aliphatic rings. The maximum absolute atomic E-state index is 13.8. The van der Waals surface area contributed by atoms with E-state index in [1.165, 1.54) is 36.7 Å². The number of aromatic nitrogens is 1. The molecule has 2 N–H and O–H groups in total. The second-order valence-corrected chi connectivity index (χ2v) is 12.2. The third-order valence-electron chi connectivity index (χ3n) is 8.85. The van der Waals surface area contributed by atoms with Crippen molar-refractivity contribution in [2.24, 2.45) is 0 Å². The van der Waals surface area contributed by atoms with Crippen LogP contribution in [0.15, 0.2) is 72.8 Å². The zero-order chi connectivity index (χ0) is 29.1. The fourth-order valence-electron chi connectivity index (χ4n) is 6.64. The number of halogens is 4. The molecule has 2 fully saturated rings. The molecule has 6 rings (SSSR count). The van der Waals surface area contributed by atoms with E-state index in [1.807, 2.05) is 66.7 Å². The minimum absolute atomic E-state index is 0.317. The van der Waals surface area contributed by atoms with Crippen LogP contribution in [-0.2, 0) is 13.1 Å². The summed E-state index contributed by atoms with van der Waals surface area (Å²) in [5.74, 6) is 0. The van der Waals surface area contributed by atoms with Gasteiger partial charge in [0.15, 0.2) is 0 Å². The van der Waals surface area contributed by atoms with Crippen LogP contribution in [0.3, 0.4) is 0 Å². The normalized spacial score (nSPS) is 17.5. The van der Waals surface area contributed by atoms with Crippen molar-refractivity contribution in [3.63, 3.8) is 0 Å². The Morgan fingerprint density at radius 2 is 1.55 bits per heavy atom. The second kappa shape index (κ2) is 12.6. The predicted octanol–water partition coefficient (Wildman–Crippen LogP) is 9.35. The van der Waals surface area contributed by atoms with E-state index < -0.39 is 12.7 Å². The van der Waals surface area contributed by atoms with Crippen LogP contribution in [0.4, 0.5) is 24.5 Å². The number of rotatable bonds is 8. The van der Waals surface area contributed by atoms with E-state index in [0.717, 1.165) is 59.9 Å². The summed E-state index contributed by atoms with van der Waals surface area (Å²) < 4.78 is 42.8. The standard InChI is InChI=1S/C34H38ClF3N4/c35-26-13-15-27(16-14-26)39-22-24-9-11-25(12-10-24)33-21-30-31(7-4-8-32(30)42(33)23-34(36,37)38)40-28-17-19-41(20-18-28)29-5-2-1-3-6-29/h4,7-16,21,28-29,39-40H,1-3,5-6,17-20,22-23H2. The summed E-state index contributed by atoms with van der Waals surface area (Å²) >= 11 is 5.97. The predicted molar refractivity (Wildman–Crippen MR) is 167 cm³/mol. The van der Waals surface area contributed by atoms with Crippen LogP contribution in [0.25, 0.3) is 22.2 Å². The summed E-state index contributed by atoms with van der Waals surface area (Å²) in [6.45, 7) is 1.73. The molecule has 42 heavy (non-hydrogen) atoms. The summed E-state index contributed by atoms with van der Waals surface area (Å²) in [4.78, 5) is 2.66. The van der Waals surface area contributed by atoms with Gasteiger partial charge in [0.25, 0.3) is 0 Å². The molecule has 1 aliphatic carbocycles. The SMILES string of the molecule is FC(F)(F)Cn1c(-c2ccc(CNc3ccc(Cl)cc3)cc2)cc2c(NC3CCN(C4CCCCC4)CC3)cccc21. The van der Waals surface area contributed by atoms with E-state index in [2.05, 4.69) is 15.5 Å². The van der Waals surface area contributed by atoms with Crippen LogP contribution >= 0.6 is 11.6 Å². The van der Waals surface area contributed by atoms with E-state index in [1.54, 1.807) is 6.07 Å². The number of benzene rings is 3. The van der Waals surface area contributed by atoms with Crippen LogP contribution in [-0.4, -0.2) is 40.8 Å². The number of hydrogen-bond donors (Lipinski definition) is 2. The third kappa shape index (κ3) is 6.90. The molecule has 0 atom stereocenters. The second-order valence-electron chi connectivity index (χ2n) is 11.8. The molecule has 0 spiro atoms. The summed E-state index contributed by atoms with van der Waals surface area (Å²) in [6.07, 6.45) is 4.43. The Kier molecular flexibility index (Phi) is 8.68. The summed E-state index contributed by atoms with van der Waals surface area (Å²) in [5, 5.41) is 8.58. The third-order valence-corrected chi connectivity index (χ3v) is 9.11. The van der Waals surface area contributed by atoms with Crippen LogP contribution in [0, 0.1) is 0 Å². The zero-order valence-electron chi connectivity index (χ0n) is 23.8. The minimum Gasteiger partial charge on any atom is -0.382 e. The van der Waals surface area contributed by atoms with E-state index in [-0.39, 0.29) is 0 Å². The number of likely N-dealkylation sites (tertiary alicyclic amines) is 1. The molecular formula is C34H38ClF3N4. The highest BCUT2D eigenvalue weighted by Crippen LogP contribution is 2.36. The maximum Gasteiger partial charge on any atom is 0.406 e. The van der Waals surface area contributed by atoms with Gasteiger partial charge in [-0.25, -0.2) is 0 Å². The Balaban J connectivity index is 1.21. The number of nitrogens with zero attached hydrogens (tertiary/aromatic N) is 2. The van der Waals surface area contributed by atoms with Crippen molar-refractivity contribution in [2.45, 2.75) is 76.3 Å². The fraction of sp³-hybridized carbons (Fsp3) is 0.412. The lowest BCUT2D eigenvalue weighted by Gasteiger charge is -2.39. The van der Waals surface area contributed by atoms with Gasteiger partial charge in [-0.3, -0.25) is 0 Å². The molecule has 2 heterocycles. The first-order valence-electron chi connectivity index (χ1n) is 15.1. The molecule has 1 aliphatic heterocycles. The highest BCUT2D eigenvalue weighted by atomic mass is 35.5. The monoisotopic (exact) mass is 594 g/mol. The number of alkyl halides is 3. The molecule has 222 valence electrons. The van der Waals surface area contributed by atoms with Gasteiger partial charge in [0.2, 0.25) is 0 Å². The molecule has 1 saturated heterocycles. The number of hydrogen-bond acceptors (Lipinski definition) is 3. The summed E-state index contributed by atoms with van der Waals surface area (Å²) in [6, 6.07) is 23.9. The highest BCUT2D eigenvalue weighted by molar-refractivity contribution is 6.30. The maximum atomic E-state index is 13.8. The molecule has 0 bridgehead atoms. The van der Waals surface area contributed by atoms with Gasteiger partial charge in [-0.05, 0) is 79.3 Å². The van der Waals surface area contributed by atoms with Crippen LogP contribution in [0.1, 0.15) is 50.5 Å². The lowest BCUT2D eigenvalue weighted by molar-refractivity contribution is -0.139. The van der Waals surface area contributed by atoms with Crippen LogP contribution < -0.4 is 10.6 Å². The molecular weight excluding hydrogens is 557 g/mol. The van der Waals surface area contributed by atoms with Crippen molar-refractivity contribution in [3.8, 4) is 11.3 Å². The molecule has 1 saturated carbocycles. The minimum atomic E-state index is -4.33. The van der Waals surface area contributed by atoms with Gasteiger partial charge in [-0.1, -0.05) is 61.2 Å². The van der Waals surface area contributed by atoms with Gasteiger partial charge in [0.05, 0.1) is 5.52 Å². The Morgan fingerprint density at radius 1 is 0.833 bits per heavy atom. The van der Waals surface area contributed by atoms with Gasteiger partial charge in [-0.2, -0.15) is 13.2 Å². The van der Waals surface area contributed by atoms with Crippen molar-refractivity contribution in [1.82, 2.24) is 9.47 Å². The molecule has 0 amide bonds. The number of nitrogens with one attached hydrogen (secondary N) is 2. The molecule has 0 unspecified atom stereocenters. The number of piperidine rings is 1. The van der Waals surface area contributed by atoms with E-state index in [0.29, 0.717) is 28.8 Å². The fourth-order valence-corrected chi connectivity index (χ4v) is 6.77. The van der Waals surface area contributed by atoms with Gasteiger partial charge in [0, 0.05) is 59.2 Å². The average molecular weight is 595 g/mol. The Hall–Kier alpha value is -3.16. The van der Waals surface area contributed by atoms with E-state index >= 15 is 0 Å². The zero-order valence-corrected chi connectivity index (χ0v) is 24.5. The first-order chi connectivity index (χ1) is 20.3. The molecule has 4 nitrogen and oxygen atoms in total. The van der Waals surface area contributed by atoms with Crippen molar-refractivity contribution in [3.05, 3.63) is 83.4 Å². The van der Waals surface area contributed by atoms with Crippen molar-refractivity contribution >= 4 is 33.9 Å². The average Bonchev–Trinajstić information content (AvgIpc) is 3.36. The Morgan fingerprint density at radius 3 is 2.24 bits per heavy atom. The first kappa shape index (κ1) is 28.9. The highest BCUT2D eigenvalue weighted by Gasteiger charge is 2.31. The Labute approximate surface area is 250 Å². The molecule has 4 aromatic rings. The number of anilines is 2. The van der Waals surface area contributed by atoms with Gasteiger partial charge < -0.3 is 20.1 Å². The quantitative estimate of drug-likeness (QED) is 0.213. The largest absolute Gasteiger partial charge is 0.406 e. The lowest BCUT2D eigenvalue weighted by Crippen LogP contribution is -2.45. The van der Waals surface area contributed by atoms with E-state index in [4.69, 9.17) is 11.6 Å². The van der Waals surface area contributed by atoms with Gasteiger partial charge >= 0.3 is 6.18 Å². The number of fused-ring (bicyclic) bond motifs is 1. The Bertz CT molecular complexity index is 1470. The van der Waals surface area contributed by atoms with E-state index in [9.17, 15) is 13.2 Å².